The zero-order valence-electron chi connectivity index (χ0n) is 10.7. The second-order valence-corrected chi connectivity index (χ2v) is 4.07. The SMILES string of the molecule is OCCOCCOCCOCCOC=CCCBr. The Morgan fingerprint density at radius 2 is 1.39 bits per heavy atom. The summed E-state index contributed by atoms with van der Waals surface area (Å²) in [5, 5.41) is 9.40. The number of hydrogen-bond acceptors (Lipinski definition) is 5. The first-order valence-electron chi connectivity index (χ1n) is 6.08. The van der Waals surface area contributed by atoms with E-state index < -0.39 is 0 Å². The maximum Gasteiger partial charge on any atom is 0.111 e. The molecule has 18 heavy (non-hydrogen) atoms. The summed E-state index contributed by atoms with van der Waals surface area (Å²) in [6, 6.07) is 0. The maximum absolute atomic E-state index is 8.45. The minimum absolute atomic E-state index is 0.0488. The summed E-state index contributed by atoms with van der Waals surface area (Å²) in [6.45, 7) is 3.64. The van der Waals surface area contributed by atoms with Crippen LogP contribution in [0.4, 0.5) is 0 Å². The molecule has 0 atom stereocenters. The summed E-state index contributed by atoms with van der Waals surface area (Å²) in [4.78, 5) is 0. The van der Waals surface area contributed by atoms with Crippen LogP contribution in [0.2, 0.25) is 0 Å². The first-order chi connectivity index (χ1) is 8.91. The number of allylic oxidation sites excluding steroid dienone is 1. The van der Waals surface area contributed by atoms with Gasteiger partial charge < -0.3 is 24.1 Å². The van der Waals surface area contributed by atoms with Crippen molar-refractivity contribution in [3.05, 3.63) is 12.3 Å². The Hall–Kier alpha value is -0.140. The number of halogens is 1. The van der Waals surface area contributed by atoms with E-state index in [1.807, 2.05) is 6.08 Å². The molecule has 0 amide bonds. The van der Waals surface area contributed by atoms with E-state index in [1.165, 1.54) is 0 Å². The molecule has 108 valence electrons. The zero-order valence-corrected chi connectivity index (χ0v) is 12.3. The lowest BCUT2D eigenvalue weighted by Crippen LogP contribution is -2.12. The Kier molecular flexibility index (Phi) is 16.7. The van der Waals surface area contributed by atoms with Gasteiger partial charge in [0.1, 0.15) is 6.61 Å². The van der Waals surface area contributed by atoms with Gasteiger partial charge in [0, 0.05) is 5.33 Å². The van der Waals surface area contributed by atoms with E-state index in [0.29, 0.717) is 46.2 Å². The summed E-state index contributed by atoms with van der Waals surface area (Å²) < 4.78 is 20.8. The lowest BCUT2D eigenvalue weighted by atomic mass is 10.5. The van der Waals surface area contributed by atoms with Gasteiger partial charge in [0.15, 0.2) is 0 Å². The van der Waals surface area contributed by atoms with Gasteiger partial charge in [-0.25, -0.2) is 0 Å². The molecule has 1 N–H and O–H groups in total. The van der Waals surface area contributed by atoms with E-state index in [4.69, 9.17) is 24.1 Å². The number of ether oxygens (including phenoxy) is 4. The Morgan fingerprint density at radius 3 is 1.94 bits per heavy atom. The molecule has 0 saturated carbocycles. The van der Waals surface area contributed by atoms with Gasteiger partial charge in [-0.3, -0.25) is 0 Å². The van der Waals surface area contributed by atoms with Gasteiger partial charge in [0.2, 0.25) is 0 Å². The van der Waals surface area contributed by atoms with Crippen LogP contribution in [0.3, 0.4) is 0 Å². The van der Waals surface area contributed by atoms with Crippen LogP contribution in [0, 0.1) is 0 Å². The fourth-order valence-electron chi connectivity index (χ4n) is 0.981. The average Bonchev–Trinajstić information content (AvgIpc) is 2.39. The number of alkyl halides is 1. The Morgan fingerprint density at radius 1 is 0.833 bits per heavy atom. The number of rotatable bonds is 14. The highest BCUT2D eigenvalue weighted by molar-refractivity contribution is 9.09. The number of aliphatic hydroxyl groups is 1. The topological polar surface area (TPSA) is 57.2 Å². The molecule has 0 saturated heterocycles. The molecule has 0 heterocycles. The molecule has 0 rings (SSSR count). The van der Waals surface area contributed by atoms with Crippen LogP contribution in [0.15, 0.2) is 12.3 Å². The fourth-order valence-corrected chi connectivity index (χ4v) is 1.24. The third kappa shape index (κ3) is 15.9. The summed E-state index contributed by atoms with van der Waals surface area (Å²) in [5.41, 5.74) is 0. The third-order valence-corrected chi connectivity index (χ3v) is 2.25. The van der Waals surface area contributed by atoms with E-state index in [1.54, 1.807) is 6.26 Å². The summed E-state index contributed by atoms with van der Waals surface area (Å²) >= 11 is 3.32. The highest BCUT2D eigenvalue weighted by atomic mass is 79.9. The third-order valence-electron chi connectivity index (χ3n) is 1.79. The Balaban J connectivity index is 2.94. The van der Waals surface area contributed by atoms with E-state index in [9.17, 15) is 0 Å². The van der Waals surface area contributed by atoms with Crippen LogP contribution in [0.1, 0.15) is 6.42 Å². The van der Waals surface area contributed by atoms with Gasteiger partial charge in [0.25, 0.3) is 0 Å². The molecule has 0 radical (unpaired) electrons. The van der Waals surface area contributed by atoms with Crippen LogP contribution in [0.5, 0.6) is 0 Å². The lowest BCUT2D eigenvalue weighted by Gasteiger charge is -2.06. The van der Waals surface area contributed by atoms with E-state index in [2.05, 4.69) is 15.9 Å². The van der Waals surface area contributed by atoms with Gasteiger partial charge in [-0.1, -0.05) is 15.9 Å². The van der Waals surface area contributed by atoms with Crippen LogP contribution in [-0.4, -0.2) is 63.3 Å². The molecular weight excluding hydrogens is 304 g/mol. The first-order valence-corrected chi connectivity index (χ1v) is 7.20. The normalized spacial score (nSPS) is 11.2. The van der Waals surface area contributed by atoms with Crippen molar-refractivity contribution >= 4 is 15.9 Å². The molecular formula is C12H23BrO5. The van der Waals surface area contributed by atoms with Crippen molar-refractivity contribution < 1.29 is 24.1 Å². The minimum Gasteiger partial charge on any atom is -0.499 e. The van der Waals surface area contributed by atoms with Crippen molar-refractivity contribution in [1.82, 2.24) is 0 Å². The molecule has 0 aromatic carbocycles. The van der Waals surface area contributed by atoms with E-state index in [0.717, 1.165) is 11.8 Å². The Labute approximate surface area is 117 Å². The molecule has 0 unspecified atom stereocenters. The van der Waals surface area contributed by atoms with Crippen LogP contribution in [-0.2, 0) is 18.9 Å². The fraction of sp³-hybridized carbons (Fsp3) is 0.833. The van der Waals surface area contributed by atoms with Gasteiger partial charge >= 0.3 is 0 Å². The van der Waals surface area contributed by atoms with Gasteiger partial charge in [-0.15, -0.1) is 0 Å². The maximum atomic E-state index is 8.45. The standard InChI is InChI=1S/C12H23BrO5/c13-3-1-2-5-15-7-9-17-11-12-18-10-8-16-6-4-14/h2,5,14H,1,3-4,6-12H2. The molecule has 0 bridgehead atoms. The predicted molar refractivity (Wildman–Crippen MR) is 73.0 cm³/mol. The smallest absolute Gasteiger partial charge is 0.111 e. The Bertz CT molecular complexity index is 178. The van der Waals surface area contributed by atoms with Gasteiger partial charge in [-0.2, -0.15) is 0 Å². The largest absolute Gasteiger partial charge is 0.499 e. The van der Waals surface area contributed by atoms with Crippen molar-refractivity contribution in [3.8, 4) is 0 Å². The molecule has 6 heteroatoms. The van der Waals surface area contributed by atoms with Crippen molar-refractivity contribution in [2.75, 3.05) is 58.2 Å². The van der Waals surface area contributed by atoms with Crippen molar-refractivity contribution in [1.29, 1.82) is 0 Å². The molecule has 0 aliphatic heterocycles. The predicted octanol–water partition coefficient (Wildman–Crippen LogP) is 1.34. The summed E-state index contributed by atoms with van der Waals surface area (Å²) in [5.74, 6) is 0. The lowest BCUT2D eigenvalue weighted by molar-refractivity contribution is 0.00133. The molecule has 0 aliphatic carbocycles. The van der Waals surface area contributed by atoms with Gasteiger partial charge in [-0.05, 0) is 12.5 Å². The molecule has 0 fully saturated rings. The summed E-state index contributed by atoms with van der Waals surface area (Å²) in [7, 11) is 0. The second kappa shape index (κ2) is 16.9. The molecule has 0 aromatic heterocycles. The monoisotopic (exact) mass is 326 g/mol. The quantitative estimate of drug-likeness (QED) is 0.296. The molecule has 0 spiro atoms. The highest BCUT2D eigenvalue weighted by Gasteiger charge is 1.91. The van der Waals surface area contributed by atoms with Crippen molar-refractivity contribution in [2.45, 2.75) is 6.42 Å². The molecule has 5 nitrogen and oxygen atoms in total. The van der Waals surface area contributed by atoms with Crippen molar-refractivity contribution in [2.24, 2.45) is 0 Å². The zero-order chi connectivity index (χ0) is 13.3. The number of hydrogen-bond donors (Lipinski definition) is 1. The molecule has 0 aromatic rings. The first kappa shape index (κ1) is 17.9. The van der Waals surface area contributed by atoms with Crippen molar-refractivity contribution in [3.63, 3.8) is 0 Å². The minimum atomic E-state index is 0.0488. The van der Waals surface area contributed by atoms with E-state index >= 15 is 0 Å². The summed E-state index contributed by atoms with van der Waals surface area (Å²) in [6.07, 6.45) is 4.62. The second-order valence-electron chi connectivity index (χ2n) is 3.28. The number of aliphatic hydroxyl groups excluding tert-OH is 1. The van der Waals surface area contributed by atoms with Gasteiger partial charge in [0.05, 0.1) is 52.5 Å². The highest BCUT2D eigenvalue weighted by Crippen LogP contribution is 1.90. The van der Waals surface area contributed by atoms with Crippen LogP contribution < -0.4 is 0 Å². The van der Waals surface area contributed by atoms with E-state index in [-0.39, 0.29) is 6.61 Å². The average molecular weight is 327 g/mol. The van der Waals surface area contributed by atoms with Crippen LogP contribution in [0.25, 0.3) is 0 Å². The van der Waals surface area contributed by atoms with Crippen LogP contribution >= 0.6 is 15.9 Å². The molecule has 0 aliphatic rings.